The summed E-state index contributed by atoms with van der Waals surface area (Å²) in [7, 11) is 0. The van der Waals surface area contributed by atoms with Crippen molar-refractivity contribution in [2.75, 3.05) is 13.1 Å². The Morgan fingerprint density at radius 2 is 2.08 bits per heavy atom. The van der Waals surface area contributed by atoms with Crippen molar-refractivity contribution in [1.29, 1.82) is 5.41 Å². The zero-order valence-corrected chi connectivity index (χ0v) is 14.3. The van der Waals surface area contributed by atoms with Gasteiger partial charge in [-0.2, -0.15) is 0 Å². The van der Waals surface area contributed by atoms with Gasteiger partial charge < -0.3 is 10.3 Å². The van der Waals surface area contributed by atoms with E-state index in [-0.39, 0.29) is 5.91 Å². The van der Waals surface area contributed by atoms with Gasteiger partial charge in [-0.1, -0.05) is 37.3 Å². The summed E-state index contributed by atoms with van der Waals surface area (Å²) in [6.07, 6.45) is 4.28. The number of nitrogens with zero attached hydrogens (tertiary/aromatic N) is 4. The van der Waals surface area contributed by atoms with E-state index in [1.807, 2.05) is 35.2 Å². The molecule has 25 heavy (non-hydrogen) atoms. The third-order valence-electron chi connectivity index (χ3n) is 4.80. The highest BCUT2D eigenvalue weighted by Crippen LogP contribution is 2.24. The molecule has 3 heterocycles. The lowest BCUT2D eigenvalue weighted by atomic mass is 9.98. The minimum atomic E-state index is 0.0266. The second-order valence-corrected chi connectivity index (χ2v) is 6.88. The molecule has 128 valence electrons. The average molecular weight is 335 g/mol. The Labute approximate surface area is 146 Å². The molecule has 2 aromatic rings. The van der Waals surface area contributed by atoms with Gasteiger partial charge in [0.05, 0.1) is 5.71 Å². The molecule has 1 N–H and O–H groups in total. The molecule has 1 aromatic heterocycles. The van der Waals surface area contributed by atoms with E-state index >= 15 is 0 Å². The Morgan fingerprint density at radius 1 is 1.28 bits per heavy atom. The van der Waals surface area contributed by atoms with Gasteiger partial charge in [0, 0.05) is 36.8 Å². The van der Waals surface area contributed by atoms with Crippen LogP contribution in [0.25, 0.3) is 17.6 Å². The fourth-order valence-electron chi connectivity index (χ4n) is 3.50. The molecule has 1 fully saturated rings. The molecule has 0 aliphatic carbocycles. The average Bonchev–Trinajstić information content (AvgIpc) is 3.07. The Hall–Kier alpha value is -2.76. The molecule has 1 unspecified atom stereocenters. The van der Waals surface area contributed by atoms with Crippen molar-refractivity contribution < 1.29 is 4.79 Å². The van der Waals surface area contributed by atoms with Crippen LogP contribution in [0.2, 0.25) is 0 Å². The van der Waals surface area contributed by atoms with Crippen LogP contribution in [0, 0.1) is 11.3 Å². The van der Waals surface area contributed by atoms with Gasteiger partial charge in [-0.3, -0.25) is 4.79 Å². The first-order chi connectivity index (χ1) is 12.1. The second kappa shape index (κ2) is 6.27. The van der Waals surface area contributed by atoms with E-state index in [9.17, 15) is 4.79 Å². The second-order valence-electron chi connectivity index (χ2n) is 6.88. The van der Waals surface area contributed by atoms with Crippen molar-refractivity contribution in [3.63, 3.8) is 0 Å². The molecule has 1 aromatic carbocycles. The maximum atomic E-state index is 12.8. The molecule has 1 atom stereocenters. The first kappa shape index (κ1) is 15.7. The summed E-state index contributed by atoms with van der Waals surface area (Å²) in [5, 5.41) is 12.8. The zero-order valence-electron chi connectivity index (χ0n) is 14.3. The number of nitrogens with one attached hydrogen (secondary N) is 1. The molecule has 4 rings (SSSR count). The number of benzene rings is 1. The molecule has 6 nitrogen and oxygen atoms in total. The molecule has 2 aliphatic rings. The van der Waals surface area contributed by atoms with Gasteiger partial charge in [-0.05, 0) is 18.8 Å². The maximum absolute atomic E-state index is 12.8. The van der Waals surface area contributed by atoms with E-state index < -0.39 is 0 Å². The molecule has 0 saturated carbocycles. The summed E-state index contributed by atoms with van der Waals surface area (Å²) in [6, 6.07) is 9.69. The van der Waals surface area contributed by atoms with Crippen LogP contribution in [0.5, 0.6) is 0 Å². The van der Waals surface area contributed by atoms with Gasteiger partial charge in [0.1, 0.15) is 0 Å². The summed E-state index contributed by atoms with van der Waals surface area (Å²) >= 11 is 0. The van der Waals surface area contributed by atoms with Crippen LogP contribution >= 0.6 is 0 Å². The number of hydrogen-bond donors (Lipinski definition) is 1. The Bertz CT molecular complexity index is 852. The summed E-state index contributed by atoms with van der Waals surface area (Å²) in [5.74, 6) is 1.66. The van der Waals surface area contributed by atoms with Gasteiger partial charge in [0.15, 0.2) is 11.6 Å². The van der Waals surface area contributed by atoms with Crippen LogP contribution in [-0.2, 0) is 4.79 Å². The topological polar surface area (TPSA) is 74.9 Å². The third kappa shape index (κ3) is 2.99. The van der Waals surface area contributed by atoms with Gasteiger partial charge >= 0.3 is 0 Å². The van der Waals surface area contributed by atoms with Gasteiger partial charge in [0.2, 0.25) is 0 Å². The van der Waals surface area contributed by atoms with E-state index in [0.717, 1.165) is 25.1 Å². The standard InChI is InChI=1S/C19H21N5O/c1-13-6-5-9-23(11-13)19(25)15-10-16(20)18-21-17(22-24(18)12-15)14-7-3-2-4-8-14/h2-4,7-8,12-13,20H,5-6,9-11H2,1H3. The molecule has 0 bridgehead atoms. The fraction of sp³-hybridized carbons (Fsp3) is 0.368. The lowest BCUT2D eigenvalue weighted by Crippen LogP contribution is -2.40. The number of fused-ring (bicyclic) bond motifs is 1. The van der Waals surface area contributed by atoms with Crippen molar-refractivity contribution in [2.24, 2.45) is 5.92 Å². The van der Waals surface area contributed by atoms with Crippen LogP contribution in [0.15, 0.2) is 35.9 Å². The molecular weight excluding hydrogens is 314 g/mol. The number of hydrogen-bond acceptors (Lipinski definition) is 4. The molecule has 2 aliphatic heterocycles. The molecule has 0 radical (unpaired) electrons. The largest absolute Gasteiger partial charge is 0.339 e. The van der Waals surface area contributed by atoms with E-state index in [1.54, 1.807) is 10.9 Å². The van der Waals surface area contributed by atoms with Crippen molar-refractivity contribution in [3.8, 4) is 11.4 Å². The van der Waals surface area contributed by atoms with E-state index in [4.69, 9.17) is 5.41 Å². The van der Waals surface area contributed by atoms with Crippen LogP contribution in [0.3, 0.4) is 0 Å². The smallest absolute Gasteiger partial charge is 0.251 e. The zero-order chi connectivity index (χ0) is 17.4. The van der Waals surface area contributed by atoms with Crippen LogP contribution in [0.1, 0.15) is 32.0 Å². The Balaban J connectivity index is 1.64. The minimum absolute atomic E-state index is 0.0266. The number of amides is 1. The fourth-order valence-corrected chi connectivity index (χ4v) is 3.50. The van der Waals surface area contributed by atoms with Gasteiger partial charge in [0.25, 0.3) is 5.91 Å². The van der Waals surface area contributed by atoms with Crippen molar-refractivity contribution >= 4 is 17.8 Å². The highest BCUT2D eigenvalue weighted by Gasteiger charge is 2.28. The first-order valence-electron chi connectivity index (χ1n) is 8.71. The van der Waals surface area contributed by atoms with E-state index in [0.29, 0.717) is 35.3 Å². The van der Waals surface area contributed by atoms with Crippen molar-refractivity contribution in [1.82, 2.24) is 19.7 Å². The molecular formula is C19H21N5O. The summed E-state index contributed by atoms with van der Waals surface area (Å²) in [6.45, 7) is 3.77. The number of carbonyl (C=O) groups is 1. The van der Waals surface area contributed by atoms with Crippen LogP contribution in [0.4, 0.5) is 0 Å². The third-order valence-corrected chi connectivity index (χ3v) is 4.80. The SMILES string of the molecule is CC1CCCN(C(=O)C2=Cn3nc(-c4ccccc4)nc3C(=N)C2)C1. The molecule has 0 spiro atoms. The normalized spacial score (nSPS) is 20.2. The predicted molar refractivity (Wildman–Crippen MR) is 96.2 cm³/mol. The summed E-state index contributed by atoms with van der Waals surface area (Å²) in [4.78, 5) is 19.2. The highest BCUT2D eigenvalue weighted by atomic mass is 16.2. The number of rotatable bonds is 2. The monoisotopic (exact) mass is 335 g/mol. The Kier molecular flexibility index (Phi) is 3.95. The molecule has 6 heteroatoms. The minimum Gasteiger partial charge on any atom is -0.339 e. The summed E-state index contributed by atoms with van der Waals surface area (Å²) in [5.41, 5.74) is 1.87. The Morgan fingerprint density at radius 3 is 2.84 bits per heavy atom. The number of aromatic nitrogens is 3. The van der Waals surface area contributed by atoms with Crippen LogP contribution in [-0.4, -0.2) is 44.4 Å². The lowest BCUT2D eigenvalue weighted by Gasteiger charge is -2.32. The summed E-state index contributed by atoms with van der Waals surface area (Å²) < 4.78 is 1.58. The molecule has 1 saturated heterocycles. The number of piperidine rings is 1. The number of carbonyl (C=O) groups excluding carboxylic acids is 1. The highest BCUT2D eigenvalue weighted by molar-refractivity contribution is 6.08. The van der Waals surface area contributed by atoms with Gasteiger partial charge in [-0.15, -0.1) is 5.10 Å². The maximum Gasteiger partial charge on any atom is 0.251 e. The van der Waals surface area contributed by atoms with Crippen LogP contribution < -0.4 is 0 Å². The number of likely N-dealkylation sites (tertiary alicyclic amines) is 1. The predicted octanol–water partition coefficient (Wildman–Crippen LogP) is 2.82. The molecule has 1 amide bonds. The van der Waals surface area contributed by atoms with E-state index in [1.165, 1.54) is 6.42 Å². The lowest BCUT2D eigenvalue weighted by molar-refractivity contribution is -0.128. The quantitative estimate of drug-likeness (QED) is 0.917. The van der Waals surface area contributed by atoms with Crippen molar-refractivity contribution in [3.05, 3.63) is 41.7 Å². The van der Waals surface area contributed by atoms with Gasteiger partial charge in [-0.25, -0.2) is 9.67 Å². The first-order valence-corrected chi connectivity index (χ1v) is 8.71. The van der Waals surface area contributed by atoms with Crippen molar-refractivity contribution in [2.45, 2.75) is 26.2 Å². The van der Waals surface area contributed by atoms with E-state index in [2.05, 4.69) is 17.0 Å².